The third kappa shape index (κ3) is 6.69. The third-order valence-electron chi connectivity index (χ3n) is 7.50. The fourth-order valence-electron chi connectivity index (χ4n) is 5.47. The van der Waals surface area contributed by atoms with Crippen molar-refractivity contribution >= 4 is 40.1 Å². The zero-order valence-electron chi connectivity index (χ0n) is 23.7. The van der Waals surface area contributed by atoms with Crippen molar-refractivity contribution in [3.8, 4) is 6.07 Å². The van der Waals surface area contributed by atoms with E-state index >= 15 is 0 Å². The fourth-order valence-corrected chi connectivity index (χ4v) is 6.23. The van der Waals surface area contributed by atoms with Crippen LogP contribution in [-0.4, -0.2) is 70.1 Å². The van der Waals surface area contributed by atoms with Crippen LogP contribution in [0.5, 0.6) is 0 Å². The van der Waals surface area contributed by atoms with Crippen LogP contribution in [0.25, 0.3) is 11.0 Å². The second kappa shape index (κ2) is 13.1. The van der Waals surface area contributed by atoms with Crippen LogP contribution in [0.15, 0.2) is 42.0 Å². The maximum Gasteiger partial charge on any atom is 0.272 e. The Hall–Kier alpha value is -3.66. The van der Waals surface area contributed by atoms with Crippen LogP contribution in [0.2, 0.25) is 0 Å². The summed E-state index contributed by atoms with van der Waals surface area (Å²) in [6.45, 7) is 8.54. The quantitative estimate of drug-likeness (QED) is 0.269. The number of hydrogen-bond donors (Lipinski definition) is 1. The van der Waals surface area contributed by atoms with E-state index in [-0.39, 0.29) is 39.1 Å². The Morgan fingerprint density at radius 3 is 2.69 bits per heavy atom. The number of nitrogens with zero attached hydrogens (tertiary/aromatic N) is 5. The van der Waals surface area contributed by atoms with Gasteiger partial charge in [-0.15, -0.1) is 11.3 Å². The second-order valence-corrected chi connectivity index (χ2v) is 12.1. The number of allylic oxidation sites excluding steroid dienone is 1. The van der Waals surface area contributed by atoms with E-state index in [9.17, 15) is 23.6 Å². The normalized spacial score (nSPS) is 18.3. The van der Waals surface area contributed by atoms with Gasteiger partial charge in [0.25, 0.3) is 18.2 Å². The second-order valence-electron chi connectivity index (χ2n) is 10.9. The highest BCUT2D eigenvalue weighted by atomic mass is 32.1. The molecule has 2 aromatic heterocycles. The number of carbonyl (C=O) groups is 2. The smallest absolute Gasteiger partial charge is 0.272 e. The predicted octanol–water partition coefficient (Wildman–Crippen LogP) is 5.22. The molecule has 3 aromatic rings. The number of imidazole rings is 1. The first-order valence-corrected chi connectivity index (χ1v) is 15.0. The monoisotopic (exact) mass is 596 g/mol. The van der Waals surface area contributed by atoms with Crippen molar-refractivity contribution in [3.63, 3.8) is 0 Å². The Morgan fingerprint density at radius 2 is 2.00 bits per heavy atom. The van der Waals surface area contributed by atoms with E-state index in [1.807, 2.05) is 36.6 Å². The first-order chi connectivity index (χ1) is 20.2. The molecular formula is C30H34F2N6O3S. The van der Waals surface area contributed by atoms with E-state index < -0.39 is 12.3 Å². The van der Waals surface area contributed by atoms with Crippen LogP contribution in [0, 0.1) is 17.2 Å². The van der Waals surface area contributed by atoms with Gasteiger partial charge in [-0.05, 0) is 48.6 Å². The van der Waals surface area contributed by atoms with Crippen molar-refractivity contribution in [2.75, 3.05) is 38.2 Å². The summed E-state index contributed by atoms with van der Waals surface area (Å²) in [7, 11) is 0. The third-order valence-corrected chi connectivity index (χ3v) is 8.59. The van der Waals surface area contributed by atoms with Crippen molar-refractivity contribution in [2.45, 2.75) is 52.2 Å². The van der Waals surface area contributed by atoms with Gasteiger partial charge in [-0.2, -0.15) is 5.26 Å². The number of thiophene rings is 1. The maximum atomic E-state index is 13.3. The number of benzene rings is 1. The number of nitrogens with one attached hydrogen (secondary N) is 1. The molecule has 2 aliphatic rings. The summed E-state index contributed by atoms with van der Waals surface area (Å²) in [6, 6.07) is 10.5. The van der Waals surface area contributed by atoms with Crippen LogP contribution in [0.3, 0.4) is 0 Å². The van der Waals surface area contributed by atoms with Gasteiger partial charge < -0.3 is 14.2 Å². The van der Waals surface area contributed by atoms with Gasteiger partial charge in [-0.25, -0.2) is 13.8 Å². The van der Waals surface area contributed by atoms with Gasteiger partial charge in [0.2, 0.25) is 5.95 Å². The first-order valence-electron chi connectivity index (χ1n) is 14.1. The number of carbonyl (C=O) groups excluding carboxylic acids is 2. The summed E-state index contributed by atoms with van der Waals surface area (Å²) in [5.41, 5.74) is 2.67. The van der Waals surface area contributed by atoms with Crippen LogP contribution < -0.4 is 5.32 Å². The maximum absolute atomic E-state index is 13.3. The number of hydrogen-bond acceptors (Lipinski definition) is 7. The Morgan fingerprint density at radius 1 is 1.21 bits per heavy atom. The van der Waals surface area contributed by atoms with E-state index in [2.05, 4.69) is 16.3 Å². The molecule has 2 saturated heterocycles. The lowest BCUT2D eigenvalue weighted by molar-refractivity contribution is -0.127. The molecule has 5 rings (SSSR count). The summed E-state index contributed by atoms with van der Waals surface area (Å²) in [5, 5.41) is 12.5. The molecule has 1 unspecified atom stereocenters. The molecule has 12 heteroatoms. The number of anilines is 1. The molecule has 2 fully saturated rings. The molecule has 0 spiro atoms. The van der Waals surface area contributed by atoms with Crippen LogP contribution in [0.1, 0.15) is 53.2 Å². The average molecular weight is 597 g/mol. The largest absolute Gasteiger partial charge is 0.379 e. The number of fused-ring (bicyclic) bond motifs is 1. The number of aromatic nitrogens is 2. The van der Waals surface area contributed by atoms with E-state index in [1.165, 1.54) is 12.1 Å². The highest BCUT2D eigenvalue weighted by Gasteiger charge is 2.32. The topological polar surface area (TPSA) is 103 Å². The summed E-state index contributed by atoms with van der Waals surface area (Å²) < 4.78 is 33.6. The van der Waals surface area contributed by atoms with E-state index in [1.54, 1.807) is 11.0 Å². The molecule has 1 aromatic carbocycles. The van der Waals surface area contributed by atoms with Gasteiger partial charge in [0.1, 0.15) is 11.6 Å². The van der Waals surface area contributed by atoms with Gasteiger partial charge in [-0.3, -0.25) is 19.8 Å². The average Bonchev–Trinajstić information content (AvgIpc) is 3.71. The minimum absolute atomic E-state index is 0.0542. The molecule has 9 nitrogen and oxygen atoms in total. The number of rotatable bonds is 9. The summed E-state index contributed by atoms with van der Waals surface area (Å²) in [4.78, 5) is 35.2. The lowest BCUT2D eigenvalue weighted by Crippen LogP contribution is -2.39. The van der Waals surface area contributed by atoms with Crippen LogP contribution >= 0.6 is 11.3 Å². The number of nitriles is 1. The molecule has 4 heterocycles. The lowest BCUT2D eigenvalue weighted by atomic mass is 10.1. The molecule has 0 saturated carbocycles. The molecule has 0 aliphatic carbocycles. The Bertz CT molecular complexity index is 1520. The van der Waals surface area contributed by atoms with Crippen LogP contribution in [-0.2, 0) is 22.6 Å². The number of amides is 2. The molecule has 222 valence electrons. The van der Waals surface area contributed by atoms with Gasteiger partial charge >= 0.3 is 0 Å². The SMILES string of the molecule is CC(C)C=C(C#N)C(=O)N1CCCC1Cn1c(NC(=O)c2ccc(C(F)F)s2)nc2cc(CN3CCOCC3)ccc21. The molecular weight excluding hydrogens is 562 g/mol. The van der Waals surface area contributed by atoms with Gasteiger partial charge in [0.15, 0.2) is 0 Å². The van der Waals surface area contributed by atoms with Crippen LogP contribution in [0.4, 0.5) is 14.7 Å². The summed E-state index contributed by atoms with van der Waals surface area (Å²) in [5.74, 6) is -0.487. The van der Waals surface area contributed by atoms with E-state index in [4.69, 9.17) is 9.72 Å². The molecule has 1 atom stereocenters. The Kier molecular flexibility index (Phi) is 9.30. The Balaban J connectivity index is 1.45. The number of alkyl halides is 2. The first kappa shape index (κ1) is 29.8. The molecule has 1 N–H and O–H groups in total. The zero-order chi connectivity index (χ0) is 29.8. The lowest BCUT2D eigenvalue weighted by Gasteiger charge is -2.26. The summed E-state index contributed by atoms with van der Waals surface area (Å²) in [6.07, 6.45) is 0.554. The predicted molar refractivity (Wildman–Crippen MR) is 156 cm³/mol. The Labute approximate surface area is 247 Å². The molecule has 0 radical (unpaired) electrons. The number of likely N-dealkylation sites (tertiary alicyclic amines) is 1. The van der Waals surface area contributed by atoms with Gasteiger partial charge in [0, 0.05) is 32.7 Å². The number of halogens is 2. The van der Waals surface area contributed by atoms with Crippen molar-refractivity contribution in [1.29, 1.82) is 5.26 Å². The summed E-state index contributed by atoms with van der Waals surface area (Å²) >= 11 is 0.746. The van der Waals surface area contributed by atoms with Gasteiger partial charge in [0.05, 0.1) is 40.0 Å². The molecule has 2 aliphatic heterocycles. The van der Waals surface area contributed by atoms with Crippen molar-refractivity contribution in [1.82, 2.24) is 19.4 Å². The zero-order valence-corrected chi connectivity index (χ0v) is 24.5. The molecule has 2 amide bonds. The number of morpholine rings is 1. The van der Waals surface area contributed by atoms with Crippen molar-refractivity contribution < 1.29 is 23.1 Å². The highest BCUT2D eigenvalue weighted by molar-refractivity contribution is 7.14. The van der Waals surface area contributed by atoms with E-state index in [0.717, 1.165) is 54.9 Å². The highest BCUT2D eigenvalue weighted by Crippen LogP contribution is 2.30. The minimum Gasteiger partial charge on any atom is -0.379 e. The van der Waals surface area contributed by atoms with E-state index in [0.29, 0.717) is 31.8 Å². The number of ether oxygens (including phenoxy) is 1. The minimum atomic E-state index is -2.65. The standard InChI is InChI=1S/C30H34F2N6O3S/c1-19(2)14-21(16-33)29(40)37-9-3-4-22(37)18-38-24-6-5-20(17-36-10-12-41-13-11-36)15-23(24)34-30(38)35-28(39)26-8-7-25(42-26)27(31)32/h5-8,14-15,19,22,27H,3-4,9-13,17-18H2,1-2H3,(H,34,35,39). The van der Waals surface area contributed by atoms with Crippen molar-refractivity contribution in [2.24, 2.45) is 5.92 Å². The molecule has 42 heavy (non-hydrogen) atoms. The van der Waals surface area contributed by atoms with Gasteiger partial charge in [-0.1, -0.05) is 26.0 Å². The molecule has 0 bridgehead atoms. The fraction of sp³-hybridized carbons (Fsp3) is 0.467. The van der Waals surface area contributed by atoms with Crippen molar-refractivity contribution in [3.05, 3.63) is 57.3 Å².